The summed E-state index contributed by atoms with van der Waals surface area (Å²) in [5.41, 5.74) is 13.9. The van der Waals surface area contributed by atoms with Crippen molar-refractivity contribution >= 4 is 17.6 Å². The number of carbonyl (C=O) groups excluding carboxylic acids is 2. The molecule has 1 saturated heterocycles. The molecule has 2 aromatic rings. The lowest BCUT2D eigenvalue weighted by atomic mass is 9.92. The van der Waals surface area contributed by atoms with Crippen LogP contribution in [0.2, 0.25) is 0 Å². The van der Waals surface area contributed by atoms with Gasteiger partial charge in [-0.25, -0.2) is 4.68 Å². The zero-order valence-electron chi connectivity index (χ0n) is 16.2. The average Bonchev–Trinajstić information content (AvgIpc) is 3.10. The van der Waals surface area contributed by atoms with Gasteiger partial charge in [-0.1, -0.05) is 24.8 Å². The molecule has 1 aromatic carbocycles. The largest absolute Gasteiger partial charge is 0.493 e. The van der Waals surface area contributed by atoms with Crippen molar-refractivity contribution in [1.29, 1.82) is 0 Å². The molecular formula is C21H25N5O3. The Morgan fingerprint density at radius 3 is 2.86 bits per heavy atom. The zero-order chi connectivity index (χ0) is 20.5. The molecule has 1 fully saturated rings. The maximum Gasteiger partial charge on any atom is 0.254 e. The summed E-state index contributed by atoms with van der Waals surface area (Å²) in [5.74, 6) is 0.267. The average molecular weight is 395 g/mol. The van der Waals surface area contributed by atoms with E-state index in [0.29, 0.717) is 31.8 Å². The van der Waals surface area contributed by atoms with Crippen LogP contribution in [-0.4, -0.2) is 46.2 Å². The van der Waals surface area contributed by atoms with E-state index in [0.717, 1.165) is 24.2 Å². The second-order valence-electron chi connectivity index (χ2n) is 7.56. The summed E-state index contributed by atoms with van der Waals surface area (Å²) in [7, 11) is 0. The van der Waals surface area contributed by atoms with Crippen LogP contribution in [0.4, 0.5) is 5.82 Å². The predicted molar refractivity (Wildman–Crippen MR) is 109 cm³/mol. The summed E-state index contributed by atoms with van der Waals surface area (Å²) >= 11 is 0. The fraction of sp³-hybridized carbons (Fsp3) is 0.381. The number of rotatable bonds is 4. The van der Waals surface area contributed by atoms with Gasteiger partial charge in [0.05, 0.1) is 18.3 Å². The number of fused-ring (bicyclic) bond motifs is 1. The van der Waals surface area contributed by atoms with E-state index in [1.807, 2.05) is 24.3 Å². The number of carbonyl (C=O) groups is 2. The highest BCUT2D eigenvalue weighted by molar-refractivity contribution is 5.98. The minimum atomic E-state index is -0.600. The van der Waals surface area contributed by atoms with Crippen LogP contribution in [0.3, 0.4) is 0 Å². The van der Waals surface area contributed by atoms with Crippen LogP contribution in [0, 0.1) is 0 Å². The number of para-hydroxylation sites is 1. The van der Waals surface area contributed by atoms with Crippen LogP contribution in [0.5, 0.6) is 5.75 Å². The van der Waals surface area contributed by atoms with Gasteiger partial charge in [-0.05, 0) is 37.0 Å². The molecule has 0 saturated carbocycles. The van der Waals surface area contributed by atoms with Crippen LogP contribution >= 0.6 is 0 Å². The Bertz CT molecular complexity index is 967. The molecule has 0 spiro atoms. The van der Waals surface area contributed by atoms with Gasteiger partial charge in [0.15, 0.2) is 0 Å². The van der Waals surface area contributed by atoms with Gasteiger partial charge in [-0.2, -0.15) is 5.10 Å². The molecule has 3 heterocycles. The van der Waals surface area contributed by atoms with Crippen molar-refractivity contribution in [2.75, 3.05) is 25.4 Å². The van der Waals surface area contributed by atoms with Crippen molar-refractivity contribution in [2.24, 2.45) is 5.73 Å². The van der Waals surface area contributed by atoms with Crippen LogP contribution in [-0.2, 0) is 11.2 Å². The number of ether oxygens (including phenoxy) is 1. The second kappa shape index (κ2) is 7.62. The number of amides is 2. The molecule has 0 bridgehead atoms. The molecule has 2 amide bonds. The Morgan fingerprint density at radius 2 is 2.10 bits per heavy atom. The minimum Gasteiger partial charge on any atom is -0.493 e. The smallest absolute Gasteiger partial charge is 0.254 e. The molecule has 2 aliphatic heterocycles. The molecular weight excluding hydrogens is 370 g/mol. The van der Waals surface area contributed by atoms with Crippen molar-refractivity contribution in [3.05, 3.63) is 53.7 Å². The number of anilines is 1. The molecule has 152 valence electrons. The van der Waals surface area contributed by atoms with Crippen molar-refractivity contribution in [3.8, 4) is 5.75 Å². The fourth-order valence-corrected chi connectivity index (χ4v) is 4.27. The number of piperidine rings is 1. The lowest BCUT2D eigenvalue weighted by molar-refractivity contribution is -0.127. The van der Waals surface area contributed by atoms with E-state index in [4.69, 9.17) is 21.3 Å². The minimum absolute atomic E-state index is 0.115. The van der Waals surface area contributed by atoms with Gasteiger partial charge in [0.1, 0.15) is 17.1 Å². The Hall–Kier alpha value is -3.29. The lowest BCUT2D eigenvalue weighted by Crippen LogP contribution is -2.40. The summed E-state index contributed by atoms with van der Waals surface area (Å²) in [4.78, 5) is 26.0. The van der Waals surface area contributed by atoms with E-state index in [9.17, 15) is 9.59 Å². The Balaban J connectivity index is 1.67. The first-order valence-corrected chi connectivity index (χ1v) is 9.79. The van der Waals surface area contributed by atoms with E-state index in [1.54, 1.807) is 9.58 Å². The summed E-state index contributed by atoms with van der Waals surface area (Å²) in [6, 6.07) is 7.71. The third-order valence-corrected chi connectivity index (χ3v) is 5.72. The molecule has 2 atom stereocenters. The zero-order valence-corrected chi connectivity index (χ0v) is 16.2. The lowest BCUT2D eigenvalue weighted by Gasteiger charge is -2.32. The SMILES string of the molecule is C=CC(=O)N1CCCC(n2nc(C3COc4ccccc4C3)c(C(N)=O)c2N)C1. The summed E-state index contributed by atoms with van der Waals surface area (Å²) in [6.45, 7) is 5.10. The maximum atomic E-state index is 12.2. The highest BCUT2D eigenvalue weighted by Crippen LogP contribution is 2.36. The van der Waals surface area contributed by atoms with E-state index in [1.165, 1.54) is 6.08 Å². The first kappa shape index (κ1) is 19.0. The topological polar surface area (TPSA) is 116 Å². The van der Waals surface area contributed by atoms with Gasteiger partial charge >= 0.3 is 0 Å². The quantitative estimate of drug-likeness (QED) is 0.763. The monoisotopic (exact) mass is 395 g/mol. The fourth-order valence-electron chi connectivity index (χ4n) is 4.27. The van der Waals surface area contributed by atoms with Crippen molar-refractivity contribution in [1.82, 2.24) is 14.7 Å². The Morgan fingerprint density at radius 1 is 1.31 bits per heavy atom. The molecule has 2 aliphatic rings. The molecule has 0 aliphatic carbocycles. The number of aromatic nitrogens is 2. The third-order valence-electron chi connectivity index (χ3n) is 5.72. The first-order chi connectivity index (χ1) is 14.0. The summed E-state index contributed by atoms with van der Waals surface area (Å²) in [6.07, 6.45) is 3.64. The molecule has 29 heavy (non-hydrogen) atoms. The van der Waals surface area contributed by atoms with Gasteiger partial charge in [0.25, 0.3) is 5.91 Å². The highest BCUT2D eigenvalue weighted by Gasteiger charge is 2.33. The van der Waals surface area contributed by atoms with E-state index < -0.39 is 5.91 Å². The molecule has 4 N–H and O–H groups in total. The van der Waals surface area contributed by atoms with Crippen molar-refractivity contribution < 1.29 is 14.3 Å². The van der Waals surface area contributed by atoms with Gasteiger partial charge < -0.3 is 21.1 Å². The molecule has 0 radical (unpaired) electrons. The number of nitrogen functional groups attached to an aromatic ring is 1. The first-order valence-electron chi connectivity index (χ1n) is 9.79. The molecule has 2 unspecified atom stereocenters. The number of nitrogens with two attached hydrogens (primary N) is 2. The van der Waals surface area contributed by atoms with Crippen molar-refractivity contribution in [2.45, 2.75) is 31.2 Å². The highest BCUT2D eigenvalue weighted by atomic mass is 16.5. The third kappa shape index (κ3) is 3.46. The van der Waals surface area contributed by atoms with Crippen LogP contribution in [0.15, 0.2) is 36.9 Å². The summed E-state index contributed by atoms with van der Waals surface area (Å²) in [5, 5.41) is 4.72. The van der Waals surface area contributed by atoms with Crippen LogP contribution in [0.25, 0.3) is 0 Å². The van der Waals surface area contributed by atoms with Gasteiger partial charge in [-0.3, -0.25) is 9.59 Å². The van der Waals surface area contributed by atoms with Crippen molar-refractivity contribution in [3.63, 3.8) is 0 Å². The predicted octanol–water partition coefficient (Wildman–Crippen LogP) is 1.63. The molecule has 8 nitrogen and oxygen atoms in total. The number of primary amides is 1. The van der Waals surface area contributed by atoms with E-state index in [2.05, 4.69) is 6.58 Å². The second-order valence-corrected chi connectivity index (χ2v) is 7.56. The van der Waals surface area contributed by atoms with Crippen LogP contribution in [0.1, 0.15) is 46.4 Å². The van der Waals surface area contributed by atoms with E-state index in [-0.39, 0.29) is 29.2 Å². The Kier molecular flexibility index (Phi) is 5.00. The Labute approximate surface area is 169 Å². The summed E-state index contributed by atoms with van der Waals surface area (Å²) < 4.78 is 7.54. The molecule has 8 heteroatoms. The molecule has 1 aromatic heterocycles. The number of nitrogens with zero attached hydrogens (tertiary/aromatic N) is 3. The number of benzene rings is 1. The number of hydrogen-bond acceptors (Lipinski definition) is 5. The van der Waals surface area contributed by atoms with Gasteiger partial charge in [-0.15, -0.1) is 0 Å². The van der Waals surface area contributed by atoms with Crippen LogP contribution < -0.4 is 16.2 Å². The normalized spacial score (nSPS) is 21.2. The van der Waals surface area contributed by atoms with Gasteiger partial charge in [0.2, 0.25) is 5.91 Å². The van der Waals surface area contributed by atoms with E-state index >= 15 is 0 Å². The maximum absolute atomic E-state index is 12.2. The van der Waals surface area contributed by atoms with Gasteiger partial charge in [0, 0.05) is 19.0 Å². The molecule has 4 rings (SSSR count). The number of likely N-dealkylation sites (tertiary alicyclic amines) is 1. The number of hydrogen-bond donors (Lipinski definition) is 2. The standard InChI is InChI=1S/C21H25N5O3/c1-2-17(27)25-9-5-7-15(11-25)26-20(22)18(21(23)28)19(24-26)14-10-13-6-3-4-8-16(13)29-12-14/h2-4,6,8,14-15H,1,5,7,9-12,22H2,(H2,23,28).